The van der Waals surface area contributed by atoms with Gasteiger partial charge in [0.05, 0.1) is 23.7 Å². The Labute approximate surface area is 127 Å². The fraction of sp³-hybridized carbons (Fsp3) is 0.462. The Morgan fingerprint density at radius 2 is 2.15 bits per heavy atom. The molecule has 1 aliphatic rings. The van der Waals surface area contributed by atoms with E-state index in [1.807, 2.05) is 11.8 Å². The molecule has 0 amide bonds. The van der Waals surface area contributed by atoms with Crippen LogP contribution in [0.2, 0.25) is 10.0 Å². The summed E-state index contributed by atoms with van der Waals surface area (Å²) in [6.45, 7) is 3.35. The summed E-state index contributed by atoms with van der Waals surface area (Å²) < 4.78 is 18.8. The lowest BCUT2D eigenvalue weighted by molar-refractivity contribution is 0.137. The van der Waals surface area contributed by atoms with E-state index in [0.717, 1.165) is 0 Å². The van der Waals surface area contributed by atoms with Gasteiger partial charge in [0.25, 0.3) is 0 Å². The molecule has 0 spiro atoms. The van der Waals surface area contributed by atoms with Gasteiger partial charge in [-0.3, -0.25) is 4.99 Å². The molecule has 4 nitrogen and oxygen atoms in total. The summed E-state index contributed by atoms with van der Waals surface area (Å²) in [6.07, 6.45) is 0. The molecule has 0 saturated carbocycles. The largest absolute Gasteiger partial charge is 0.383 e. The molecule has 0 saturated heterocycles. The Kier molecular flexibility index (Phi) is 4.42. The lowest BCUT2D eigenvalue weighted by Crippen LogP contribution is -2.49. The molecule has 0 aromatic heterocycles. The Bertz CT molecular complexity index is 553. The highest BCUT2D eigenvalue weighted by atomic mass is 35.5. The number of hydrogen-bond donors (Lipinski definition) is 1. The zero-order chi connectivity index (χ0) is 14.9. The molecule has 1 aromatic rings. The van der Waals surface area contributed by atoms with Gasteiger partial charge in [-0.05, 0) is 19.1 Å². The second-order valence-electron chi connectivity index (χ2n) is 4.84. The summed E-state index contributed by atoms with van der Waals surface area (Å²) in [7, 11) is 1.61. The maximum Gasteiger partial charge on any atom is 0.192 e. The minimum Gasteiger partial charge on any atom is -0.383 e. The van der Waals surface area contributed by atoms with Crippen molar-refractivity contribution in [2.75, 3.05) is 26.8 Å². The summed E-state index contributed by atoms with van der Waals surface area (Å²) in [4.78, 5) is 6.11. The third-order valence-corrected chi connectivity index (χ3v) is 4.13. The summed E-state index contributed by atoms with van der Waals surface area (Å²) >= 11 is 12.0. The first-order valence-corrected chi connectivity index (χ1v) is 6.87. The average Bonchev–Trinajstić information content (AvgIpc) is 2.68. The van der Waals surface area contributed by atoms with Crippen molar-refractivity contribution in [2.24, 2.45) is 10.7 Å². The molecule has 0 radical (unpaired) electrons. The van der Waals surface area contributed by atoms with E-state index in [4.69, 9.17) is 33.7 Å². The monoisotopic (exact) mass is 319 g/mol. The highest BCUT2D eigenvalue weighted by Crippen LogP contribution is 2.38. The SMILES string of the molecule is COCCN1C(N)=NCC1(C)c1cc(F)c(Cl)cc1Cl. The molecular formula is C13H16Cl2FN3O. The van der Waals surface area contributed by atoms with Gasteiger partial charge >= 0.3 is 0 Å². The van der Waals surface area contributed by atoms with Crippen molar-refractivity contribution in [2.45, 2.75) is 12.5 Å². The zero-order valence-corrected chi connectivity index (χ0v) is 12.8. The normalized spacial score (nSPS) is 22.2. The summed E-state index contributed by atoms with van der Waals surface area (Å²) in [6, 6.07) is 2.75. The van der Waals surface area contributed by atoms with Gasteiger partial charge < -0.3 is 15.4 Å². The maximum atomic E-state index is 13.8. The lowest BCUT2D eigenvalue weighted by Gasteiger charge is -2.37. The van der Waals surface area contributed by atoms with E-state index >= 15 is 0 Å². The molecule has 1 atom stereocenters. The highest BCUT2D eigenvalue weighted by molar-refractivity contribution is 6.35. The zero-order valence-electron chi connectivity index (χ0n) is 11.3. The van der Waals surface area contributed by atoms with Crippen molar-refractivity contribution >= 4 is 29.2 Å². The van der Waals surface area contributed by atoms with E-state index in [-0.39, 0.29) is 5.02 Å². The second kappa shape index (κ2) is 5.76. The van der Waals surface area contributed by atoms with Crippen LogP contribution in [0.25, 0.3) is 0 Å². The molecular weight excluding hydrogens is 304 g/mol. The van der Waals surface area contributed by atoms with Gasteiger partial charge in [0.15, 0.2) is 5.96 Å². The van der Waals surface area contributed by atoms with E-state index in [1.54, 1.807) is 7.11 Å². The van der Waals surface area contributed by atoms with Crippen LogP contribution in [-0.4, -0.2) is 37.7 Å². The van der Waals surface area contributed by atoms with Crippen molar-refractivity contribution in [3.05, 3.63) is 33.6 Å². The van der Waals surface area contributed by atoms with E-state index < -0.39 is 11.4 Å². The van der Waals surface area contributed by atoms with E-state index in [2.05, 4.69) is 4.99 Å². The predicted molar refractivity (Wildman–Crippen MR) is 78.8 cm³/mol. The van der Waals surface area contributed by atoms with E-state index in [0.29, 0.717) is 36.2 Å². The Balaban J connectivity index is 2.41. The first-order chi connectivity index (χ1) is 9.40. The van der Waals surface area contributed by atoms with Gasteiger partial charge in [0, 0.05) is 24.2 Å². The van der Waals surface area contributed by atoms with Crippen LogP contribution >= 0.6 is 23.2 Å². The predicted octanol–water partition coefficient (Wildman–Crippen LogP) is 2.62. The van der Waals surface area contributed by atoms with Gasteiger partial charge in [-0.15, -0.1) is 0 Å². The average molecular weight is 320 g/mol. The number of aliphatic imine (C=N–C) groups is 1. The minimum absolute atomic E-state index is 0.00215. The molecule has 0 fully saturated rings. The number of benzene rings is 1. The lowest BCUT2D eigenvalue weighted by atomic mass is 9.91. The number of methoxy groups -OCH3 is 1. The molecule has 1 heterocycles. The van der Waals surface area contributed by atoms with Crippen LogP contribution in [0.1, 0.15) is 12.5 Å². The standard InChI is InChI=1S/C13H16Cl2FN3O/c1-13(7-18-12(17)19(13)3-4-20-2)8-5-11(16)10(15)6-9(8)14/h5-6H,3-4,7H2,1-2H3,(H2,17,18). The van der Waals surface area contributed by atoms with Crippen LogP contribution in [0.15, 0.2) is 17.1 Å². The van der Waals surface area contributed by atoms with Gasteiger partial charge in [0.1, 0.15) is 5.82 Å². The van der Waals surface area contributed by atoms with Crippen molar-refractivity contribution in [3.63, 3.8) is 0 Å². The summed E-state index contributed by atoms with van der Waals surface area (Å²) in [5.74, 6) is -0.111. The smallest absolute Gasteiger partial charge is 0.192 e. The number of rotatable bonds is 4. The first kappa shape index (κ1) is 15.4. The van der Waals surface area contributed by atoms with Crippen molar-refractivity contribution in [1.29, 1.82) is 0 Å². The molecule has 2 N–H and O–H groups in total. The van der Waals surface area contributed by atoms with Crippen LogP contribution in [-0.2, 0) is 10.3 Å². The molecule has 7 heteroatoms. The molecule has 1 aliphatic heterocycles. The Hall–Kier alpha value is -1.04. The van der Waals surface area contributed by atoms with Crippen LogP contribution < -0.4 is 5.73 Å². The van der Waals surface area contributed by atoms with Crippen LogP contribution in [0, 0.1) is 5.82 Å². The number of halogens is 3. The van der Waals surface area contributed by atoms with Crippen molar-refractivity contribution < 1.29 is 9.13 Å². The molecule has 0 aliphatic carbocycles. The third kappa shape index (κ3) is 2.57. The number of nitrogens with two attached hydrogens (primary N) is 1. The molecule has 1 aromatic carbocycles. The number of nitrogens with zero attached hydrogens (tertiary/aromatic N) is 2. The van der Waals surface area contributed by atoms with E-state index in [1.165, 1.54) is 12.1 Å². The second-order valence-corrected chi connectivity index (χ2v) is 5.65. The molecule has 1 unspecified atom stereocenters. The van der Waals surface area contributed by atoms with Gasteiger partial charge in [0.2, 0.25) is 0 Å². The molecule has 110 valence electrons. The van der Waals surface area contributed by atoms with E-state index in [9.17, 15) is 4.39 Å². The highest BCUT2D eigenvalue weighted by Gasteiger charge is 2.41. The maximum absolute atomic E-state index is 13.8. The third-order valence-electron chi connectivity index (χ3n) is 3.53. The fourth-order valence-corrected chi connectivity index (χ4v) is 2.95. The molecule has 2 rings (SSSR count). The topological polar surface area (TPSA) is 50.9 Å². The fourth-order valence-electron chi connectivity index (χ4n) is 2.37. The van der Waals surface area contributed by atoms with Gasteiger partial charge in [-0.25, -0.2) is 4.39 Å². The minimum atomic E-state index is -0.606. The van der Waals surface area contributed by atoms with Gasteiger partial charge in [-0.1, -0.05) is 23.2 Å². The summed E-state index contributed by atoms with van der Waals surface area (Å²) in [5.41, 5.74) is 5.91. The van der Waals surface area contributed by atoms with Crippen LogP contribution in [0.3, 0.4) is 0 Å². The number of ether oxygens (including phenoxy) is 1. The van der Waals surface area contributed by atoms with Crippen LogP contribution in [0.5, 0.6) is 0 Å². The Morgan fingerprint density at radius 1 is 1.45 bits per heavy atom. The quantitative estimate of drug-likeness (QED) is 0.868. The molecule has 0 bridgehead atoms. The summed E-state index contributed by atoms with van der Waals surface area (Å²) in [5, 5.41) is 0.392. The van der Waals surface area contributed by atoms with Crippen molar-refractivity contribution in [3.8, 4) is 0 Å². The Morgan fingerprint density at radius 3 is 2.80 bits per heavy atom. The van der Waals surface area contributed by atoms with Crippen molar-refractivity contribution in [1.82, 2.24) is 4.90 Å². The van der Waals surface area contributed by atoms with Gasteiger partial charge in [-0.2, -0.15) is 0 Å². The number of hydrogen-bond acceptors (Lipinski definition) is 4. The first-order valence-electron chi connectivity index (χ1n) is 6.11. The number of guanidine groups is 1. The molecule has 20 heavy (non-hydrogen) atoms. The van der Waals surface area contributed by atoms with Crippen LogP contribution in [0.4, 0.5) is 4.39 Å².